The number of hydrogen-bond acceptors (Lipinski definition) is 4. The van der Waals surface area contributed by atoms with Crippen LogP contribution < -0.4 is 15.0 Å². The van der Waals surface area contributed by atoms with E-state index >= 15 is 0 Å². The summed E-state index contributed by atoms with van der Waals surface area (Å²) < 4.78 is 5.29. The molecule has 0 aromatic heterocycles. The largest absolute Gasteiger partial charge is 0.497 e. The molecule has 1 saturated heterocycles. The fourth-order valence-electron chi connectivity index (χ4n) is 2.94. The van der Waals surface area contributed by atoms with Crippen molar-refractivity contribution in [3.8, 4) is 5.75 Å². The Balaban J connectivity index is 1.80. The number of ether oxygens (including phenoxy) is 1. The number of nitrogens with one attached hydrogen (secondary N) is 1. The van der Waals surface area contributed by atoms with E-state index in [1.165, 1.54) is 5.69 Å². The topological polar surface area (TPSA) is 44.8 Å². The third-order valence-electron chi connectivity index (χ3n) is 4.51. The highest BCUT2D eigenvalue weighted by molar-refractivity contribution is 5.78. The summed E-state index contributed by atoms with van der Waals surface area (Å²) in [6.07, 6.45) is 1.98. The normalized spacial score (nSPS) is 15.7. The number of amides is 1. The molecular formula is C18H29N3O2. The van der Waals surface area contributed by atoms with Crippen LogP contribution in [-0.2, 0) is 4.79 Å². The Labute approximate surface area is 139 Å². The minimum absolute atomic E-state index is 0.147. The first-order valence-corrected chi connectivity index (χ1v) is 8.57. The molecule has 5 nitrogen and oxygen atoms in total. The van der Waals surface area contributed by atoms with E-state index in [4.69, 9.17) is 4.74 Å². The fraction of sp³-hybridized carbons (Fsp3) is 0.611. The van der Waals surface area contributed by atoms with Gasteiger partial charge in [0.2, 0.25) is 5.91 Å². The lowest BCUT2D eigenvalue weighted by Crippen LogP contribution is -2.50. The molecule has 2 rings (SSSR count). The fourth-order valence-corrected chi connectivity index (χ4v) is 2.94. The number of carbonyl (C=O) groups is 1. The van der Waals surface area contributed by atoms with Crippen LogP contribution in [-0.4, -0.2) is 56.7 Å². The van der Waals surface area contributed by atoms with E-state index in [1.54, 1.807) is 7.11 Å². The molecule has 1 fully saturated rings. The zero-order valence-corrected chi connectivity index (χ0v) is 14.5. The minimum atomic E-state index is 0.147. The van der Waals surface area contributed by atoms with Crippen molar-refractivity contribution in [2.75, 3.05) is 44.7 Å². The smallest absolute Gasteiger partial charge is 0.234 e. The van der Waals surface area contributed by atoms with Gasteiger partial charge in [0.05, 0.1) is 13.7 Å². The molecule has 0 atom stereocenters. The second-order valence-electron chi connectivity index (χ2n) is 6.05. The third kappa shape index (κ3) is 5.13. The first kappa shape index (κ1) is 17.6. The van der Waals surface area contributed by atoms with Crippen molar-refractivity contribution in [2.24, 2.45) is 0 Å². The van der Waals surface area contributed by atoms with Crippen LogP contribution in [0.2, 0.25) is 0 Å². The molecule has 1 amide bonds. The predicted molar refractivity (Wildman–Crippen MR) is 94.2 cm³/mol. The molecule has 1 aliphatic heterocycles. The predicted octanol–water partition coefficient (Wildman–Crippen LogP) is 2.12. The zero-order chi connectivity index (χ0) is 16.7. The van der Waals surface area contributed by atoms with Gasteiger partial charge in [-0.15, -0.1) is 0 Å². The van der Waals surface area contributed by atoms with Gasteiger partial charge in [0.1, 0.15) is 5.75 Å². The van der Waals surface area contributed by atoms with Crippen LogP contribution in [0.15, 0.2) is 24.3 Å². The molecule has 1 heterocycles. The summed E-state index contributed by atoms with van der Waals surface area (Å²) in [7, 11) is 1.69. The van der Waals surface area contributed by atoms with Gasteiger partial charge < -0.3 is 15.0 Å². The monoisotopic (exact) mass is 319 g/mol. The van der Waals surface area contributed by atoms with Crippen molar-refractivity contribution in [1.29, 1.82) is 0 Å². The number of hydrogen-bond donors (Lipinski definition) is 1. The lowest BCUT2D eigenvalue weighted by molar-refractivity contribution is -0.123. The van der Waals surface area contributed by atoms with Gasteiger partial charge >= 0.3 is 0 Å². The first-order valence-electron chi connectivity index (χ1n) is 8.57. The van der Waals surface area contributed by atoms with E-state index in [0.717, 1.165) is 44.8 Å². The Kier molecular flexibility index (Phi) is 6.71. The molecule has 0 radical (unpaired) electrons. The Hall–Kier alpha value is -1.75. The molecule has 1 aliphatic rings. The summed E-state index contributed by atoms with van der Waals surface area (Å²) in [5, 5.41) is 3.11. The second-order valence-corrected chi connectivity index (χ2v) is 6.05. The molecule has 0 spiro atoms. The molecule has 0 saturated carbocycles. The summed E-state index contributed by atoms with van der Waals surface area (Å²) in [6.45, 7) is 8.42. The number of piperazine rings is 1. The average Bonchev–Trinajstić information content (AvgIpc) is 2.60. The van der Waals surface area contributed by atoms with Crippen molar-refractivity contribution in [3.63, 3.8) is 0 Å². The zero-order valence-electron chi connectivity index (χ0n) is 14.5. The van der Waals surface area contributed by atoms with Crippen LogP contribution in [0, 0.1) is 0 Å². The molecule has 1 N–H and O–H groups in total. The van der Waals surface area contributed by atoms with Crippen molar-refractivity contribution >= 4 is 11.6 Å². The van der Waals surface area contributed by atoms with Gasteiger partial charge in [0, 0.05) is 44.0 Å². The minimum Gasteiger partial charge on any atom is -0.497 e. The molecule has 0 unspecified atom stereocenters. The number of benzene rings is 1. The van der Waals surface area contributed by atoms with Crippen LogP contribution in [0.5, 0.6) is 5.75 Å². The number of methoxy groups -OCH3 is 1. The summed E-state index contributed by atoms with van der Waals surface area (Å²) >= 11 is 0. The van der Waals surface area contributed by atoms with Gasteiger partial charge in [-0.25, -0.2) is 0 Å². The summed E-state index contributed by atoms with van der Waals surface area (Å²) in [4.78, 5) is 16.7. The molecule has 0 aliphatic carbocycles. The Morgan fingerprint density at radius 2 is 1.91 bits per heavy atom. The number of rotatable bonds is 7. The molecule has 23 heavy (non-hydrogen) atoms. The number of nitrogens with zero attached hydrogens (tertiary/aromatic N) is 2. The van der Waals surface area contributed by atoms with Crippen LogP contribution in [0.4, 0.5) is 5.69 Å². The average molecular weight is 319 g/mol. The van der Waals surface area contributed by atoms with E-state index < -0.39 is 0 Å². The van der Waals surface area contributed by atoms with Crippen LogP contribution in [0.3, 0.4) is 0 Å². The maximum absolute atomic E-state index is 12.1. The lowest BCUT2D eigenvalue weighted by atomic mass is 10.2. The Morgan fingerprint density at radius 3 is 2.52 bits per heavy atom. The molecule has 5 heteroatoms. The number of carbonyl (C=O) groups excluding carboxylic acids is 1. The van der Waals surface area contributed by atoms with Gasteiger partial charge in [0.15, 0.2) is 0 Å². The van der Waals surface area contributed by atoms with Gasteiger partial charge in [-0.3, -0.25) is 9.69 Å². The summed E-state index contributed by atoms with van der Waals surface area (Å²) in [5.74, 6) is 1.03. The third-order valence-corrected chi connectivity index (χ3v) is 4.51. The van der Waals surface area contributed by atoms with Gasteiger partial charge in [0.25, 0.3) is 0 Å². The maximum Gasteiger partial charge on any atom is 0.234 e. The highest BCUT2D eigenvalue weighted by atomic mass is 16.5. The lowest BCUT2D eigenvalue weighted by Gasteiger charge is -2.36. The van der Waals surface area contributed by atoms with Crippen molar-refractivity contribution < 1.29 is 9.53 Å². The van der Waals surface area contributed by atoms with E-state index in [-0.39, 0.29) is 5.91 Å². The van der Waals surface area contributed by atoms with E-state index in [2.05, 4.69) is 41.1 Å². The second kappa shape index (κ2) is 8.77. The van der Waals surface area contributed by atoms with Crippen molar-refractivity contribution in [2.45, 2.75) is 32.7 Å². The highest BCUT2D eigenvalue weighted by Crippen LogP contribution is 2.21. The van der Waals surface area contributed by atoms with Crippen molar-refractivity contribution in [1.82, 2.24) is 10.2 Å². The molecular weight excluding hydrogens is 290 g/mol. The first-order chi connectivity index (χ1) is 11.2. The van der Waals surface area contributed by atoms with Gasteiger partial charge in [-0.05, 0) is 25.0 Å². The standard InChI is InChI=1S/C18H29N3O2/c1-4-15(5-2)19-18(22)14-20-9-11-21(12-10-20)16-7-6-8-17(13-16)23-3/h6-8,13,15H,4-5,9-12,14H2,1-3H3,(H,19,22). The molecule has 128 valence electrons. The van der Waals surface area contributed by atoms with Crippen LogP contribution in [0.25, 0.3) is 0 Å². The SMILES string of the molecule is CCC(CC)NC(=O)CN1CCN(c2cccc(OC)c2)CC1. The Bertz CT molecular complexity index is 495. The molecule has 0 bridgehead atoms. The highest BCUT2D eigenvalue weighted by Gasteiger charge is 2.20. The van der Waals surface area contributed by atoms with Crippen LogP contribution >= 0.6 is 0 Å². The van der Waals surface area contributed by atoms with Gasteiger partial charge in [-0.2, -0.15) is 0 Å². The van der Waals surface area contributed by atoms with E-state index in [1.807, 2.05) is 12.1 Å². The van der Waals surface area contributed by atoms with Gasteiger partial charge in [-0.1, -0.05) is 19.9 Å². The van der Waals surface area contributed by atoms with Crippen molar-refractivity contribution in [3.05, 3.63) is 24.3 Å². The van der Waals surface area contributed by atoms with E-state index in [9.17, 15) is 4.79 Å². The quantitative estimate of drug-likeness (QED) is 0.836. The Morgan fingerprint density at radius 1 is 1.22 bits per heavy atom. The number of anilines is 1. The van der Waals surface area contributed by atoms with E-state index in [0.29, 0.717) is 12.6 Å². The maximum atomic E-state index is 12.1. The van der Waals surface area contributed by atoms with Crippen LogP contribution in [0.1, 0.15) is 26.7 Å². The summed E-state index contributed by atoms with van der Waals surface area (Å²) in [5.41, 5.74) is 1.19. The molecule has 1 aromatic rings. The summed E-state index contributed by atoms with van der Waals surface area (Å²) in [6, 6.07) is 8.46. The molecule has 1 aromatic carbocycles.